The first kappa shape index (κ1) is 20.4. The largest absolute Gasteiger partial charge is 0.371 e. The Hall–Kier alpha value is -2.35. The maximum atomic E-state index is 13.3. The number of amides is 1. The van der Waals surface area contributed by atoms with Crippen molar-refractivity contribution in [2.75, 3.05) is 6.54 Å². The number of carbonyl (C=O) groups excluding carboxylic acids is 1. The Morgan fingerprint density at radius 2 is 2.18 bits per heavy atom. The van der Waals surface area contributed by atoms with E-state index < -0.39 is 5.54 Å². The summed E-state index contributed by atoms with van der Waals surface area (Å²) in [7, 11) is 0. The molecule has 1 saturated heterocycles. The topological polar surface area (TPSA) is 61.0 Å². The molecule has 0 bridgehead atoms. The molecule has 0 saturated carbocycles. The summed E-state index contributed by atoms with van der Waals surface area (Å²) in [4.78, 5) is 15.2. The predicted molar refractivity (Wildman–Crippen MR) is 122 cm³/mol. The van der Waals surface area contributed by atoms with E-state index in [1.54, 1.807) is 12.3 Å². The smallest absolute Gasteiger partial charge is 0.253 e. The lowest BCUT2D eigenvalue weighted by molar-refractivity contribution is -0.131. The van der Waals surface area contributed by atoms with Gasteiger partial charge in [-0.15, -0.1) is 0 Å². The molecular formula is C22H25IN4O. The van der Waals surface area contributed by atoms with Crippen LogP contribution in [0.3, 0.4) is 0 Å². The molecule has 1 unspecified atom stereocenters. The zero-order valence-corrected chi connectivity index (χ0v) is 18.2. The summed E-state index contributed by atoms with van der Waals surface area (Å²) >= 11 is 2.24. The molecule has 1 aromatic rings. The number of nitrogens with one attached hydrogen (secondary N) is 2. The molecule has 2 aliphatic rings. The van der Waals surface area contributed by atoms with Gasteiger partial charge in [0.05, 0.1) is 9.90 Å². The van der Waals surface area contributed by atoms with Gasteiger partial charge < -0.3 is 10.2 Å². The zero-order valence-electron chi connectivity index (χ0n) is 16.0. The number of hydrogen-bond donors (Lipinski definition) is 2. The lowest BCUT2D eigenvalue weighted by Crippen LogP contribution is -2.52. The van der Waals surface area contributed by atoms with Gasteiger partial charge in [-0.3, -0.25) is 9.89 Å². The van der Waals surface area contributed by atoms with Crippen LogP contribution in [-0.2, 0) is 4.79 Å². The van der Waals surface area contributed by atoms with Gasteiger partial charge in [-0.1, -0.05) is 37.5 Å². The second kappa shape index (κ2) is 8.77. The molecule has 1 atom stereocenters. The van der Waals surface area contributed by atoms with E-state index in [2.05, 4.69) is 51.3 Å². The molecule has 28 heavy (non-hydrogen) atoms. The summed E-state index contributed by atoms with van der Waals surface area (Å²) in [6.45, 7) is 10.4. The van der Waals surface area contributed by atoms with Crippen molar-refractivity contribution in [2.45, 2.75) is 31.7 Å². The van der Waals surface area contributed by atoms with Gasteiger partial charge in [-0.25, -0.2) is 0 Å². The van der Waals surface area contributed by atoms with Gasteiger partial charge in [0.15, 0.2) is 0 Å². The molecule has 1 amide bonds. The van der Waals surface area contributed by atoms with E-state index in [9.17, 15) is 4.79 Å². The highest BCUT2D eigenvalue weighted by molar-refractivity contribution is 14.1. The van der Waals surface area contributed by atoms with Crippen LogP contribution in [-0.4, -0.2) is 33.1 Å². The van der Waals surface area contributed by atoms with E-state index >= 15 is 0 Å². The fourth-order valence-corrected chi connectivity index (χ4v) is 4.22. The first-order chi connectivity index (χ1) is 13.5. The van der Waals surface area contributed by atoms with Crippen LogP contribution in [0.5, 0.6) is 0 Å². The average Bonchev–Trinajstić information content (AvgIpc) is 3.34. The van der Waals surface area contributed by atoms with Gasteiger partial charge in [0, 0.05) is 24.0 Å². The number of halogens is 1. The number of allylic oxidation sites excluding steroid dienone is 8. The molecule has 1 spiro atoms. The molecule has 0 aromatic carbocycles. The summed E-state index contributed by atoms with van der Waals surface area (Å²) in [6.07, 6.45) is 17.5. The van der Waals surface area contributed by atoms with Crippen LogP contribution < -0.4 is 5.32 Å². The molecular weight excluding hydrogens is 463 g/mol. The molecule has 2 aliphatic heterocycles. The molecule has 1 aromatic heterocycles. The van der Waals surface area contributed by atoms with E-state index in [4.69, 9.17) is 0 Å². The molecule has 6 heteroatoms. The maximum absolute atomic E-state index is 13.3. The van der Waals surface area contributed by atoms with E-state index in [1.807, 2.05) is 48.4 Å². The normalized spacial score (nSPS) is 23.6. The Bertz CT molecular complexity index is 892. The van der Waals surface area contributed by atoms with Crippen LogP contribution in [0.1, 0.15) is 31.7 Å². The lowest BCUT2D eigenvalue weighted by Gasteiger charge is -2.35. The van der Waals surface area contributed by atoms with Gasteiger partial charge >= 0.3 is 0 Å². The standard InChI is InChI=1S/C22H25IN4O/c1-4-6-7-19-17(5-2)10-11-22(26-19)12-13-27(21(22)28)20(23)9-8-16(3)18-14-24-25-15-18/h4-9,14-15,26H,1-2,10-13H2,3H3,(H,24,25)/b7-6-,16-8+,20-9+. The molecule has 0 radical (unpaired) electrons. The summed E-state index contributed by atoms with van der Waals surface area (Å²) in [5.41, 5.74) is 3.70. The third-order valence-corrected chi connectivity index (χ3v) is 6.23. The van der Waals surface area contributed by atoms with Crippen LogP contribution in [0.15, 0.2) is 77.0 Å². The van der Waals surface area contributed by atoms with Gasteiger partial charge in [-0.2, -0.15) is 5.10 Å². The number of nitrogens with zero attached hydrogens (tertiary/aromatic N) is 2. The summed E-state index contributed by atoms with van der Waals surface area (Å²) in [6, 6.07) is 0. The van der Waals surface area contributed by atoms with Crippen molar-refractivity contribution in [3.05, 3.63) is 82.5 Å². The molecule has 0 aliphatic carbocycles. The number of carbonyl (C=O) groups is 1. The number of aromatic nitrogens is 2. The summed E-state index contributed by atoms with van der Waals surface area (Å²) < 4.78 is 0.922. The first-order valence-corrected chi connectivity index (χ1v) is 10.4. The Labute approximate surface area is 179 Å². The van der Waals surface area contributed by atoms with Gasteiger partial charge in [0.1, 0.15) is 5.54 Å². The Kier molecular flexibility index (Phi) is 6.39. The number of aromatic amines is 1. The zero-order chi connectivity index (χ0) is 20.1. The van der Waals surface area contributed by atoms with E-state index in [0.29, 0.717) is 6.54 Å². The van der Waals surface area contributed by atoms with Crippen molar-refractivity contribution in [3.8, 4) is 0 Å². The molecule has 2 N–H and O–H groups in total. The first-order valence-electron chi connectivity index (χ1n) is 9.29. The highest BCUT2D eigenvalue weighted by Gasteiger charge is 2.48. The fourth-order valence-electron chi connectivity index (χ4n) is 3.58. The molecule has 146 valence electrons. The second-order valence-electron chi connectivity index (χ2n) is 6.98. The SMILES string of the molecule is C=C/C=C\C1=C(C=C)CCC2(CCN(/C(I)=C/C=C(\C)c3cn[nH]c3)C2=O)N1. The highest BCUT2D eigenvalue weighted by Crippen LogP contribution is 2.37. The number of hydrogen-bond acceptors (Lipinski definition) is 3. The van der Waals surface area contributed by atoms with Crippen molar-refractivity contribution in [2.24, 2.45) is 0 Å². The van der Waals surface area contributed by atoms with Crippen molar-refractivity contribution in [1.29, 1.82) is 0 Å². The highest BCUT2D eigenvalue weighted by atomic mass is 127. The number of likely N-dealkylation sites (tertiary alicyclic amines) is 1. The Balaban J connectivity index is 1.79. The second-order valence-corrected chi connectivity index (χ2v) is 8.08. The molecule has 5 nitrogen and oxygen atoms in total. The van der Waals surface area contributed by atoms with Crippen LogP contribution in [0, 0.1) is 0 Å². The van der Waals surface area contributed by atoms with E-state index in [0.717, 1.165) is 45.4 Å². The maximum Gasteiger partial charge on any atom is 0.253 e. The minimum absolute atomic E-state index is 0.134. The summed E-state index contributed by atoms with van der Waals surface area (Å²) in [5, 5.41) is 10.3. The molecule has 3 rings (SSSR count). The molecule has 1 fully saturated rings. The van der Waals surface area contributed by atoms with Gasteiger partial charge in [0.25, 0.3) is 5.91 Å². The Morgan fingerprint density at radius 1 is 1.36 bits per heavy atom. The van der Waals surface area contributed by atoms with Gasteiger partial charge in [0.2, 0.25) is 0 Å². The van der Waals surface area contributed by atoms with Crippen molar-refractivity contribution in [3.63, 3.8) is 0 Å². The predicted octanol–water partition coefficient (Wildman–Crippen LogP) is 4.63. The number of H-pyrrole nitrogens is 1. The monoisotopic (exact) mass is 488 g/mol. The quantitative estimate of drug-likeness (QED) is 0.349. The van der Waals surface area contributed by atoms with E-state index in [1.165, 1.54) is 0 Å². The van der Waals surface area contributed by atoms with Crippen LogP contribution in [0.4, 0.5) is 0 Å². The van der Waals surface area contributed by atoms with Crippen LogP contribution >= 0.6 is 22.6 Å². The Morgan fingerprint density at radius 3 is 2.86 bits per heavy atom. The minimum atomic E-state index is -0.541. The van der Waals surface area contributed by atoms with Crippen molar-refractivity contribution in [1.82, 2.24) is 20.4 Å². The van der Waals surface area contributed by atoms with Crippen molar-refractivity contribution >= 4 is 34.1 Å². The fraction of sp³-hybridized carbons (Fsp3) is 0.273. The van der Waals surface area contributed by atoms with Crippen LogP contribution in [0.2, 0.25) is 0 Å². The molecule has 3 heterocycles. The van der Waals surface area contributed by atoms with E-state index in [-0.39, 0.29) is 5.91 Å². The van der Waals surface area contributed by atoms with Crippen LogP contribution in [0.25, 0.3) is 5.57 Å². The summed E-state index contributed by atoms with van der Waals surface area (Å²) in [5.74, 6) is 0.134. The third-order valence-electron chi connectivity index (χ3n) is 5.29. The number of rotatable bonds is 6. The van der Waals surface area contributed by atoms with Crippen molar-refractivity contribution < 1.29 is 4.79 Å². The lowest BCUT2D eigenvalue weighted by atomic mass is 9.84. The minimum Gasteiger partial charge on any atom is -0.371 e. The van der Waals surface area contributed by atoms with Gasteiger partial charge in [-0.05, 0) is 72.1 Å². The average molecular weight is 488 g/mol. The third kappa shape index (κ3) is 4.06.